The van der Waals surface area contributed by atoms with Crippen LogP contribution in [0.25, 0.3) is 0 Å². The van der Waals surface area contributed by atoms with Crippen LogP contribution in [0.1, 0.15) is 41.3 Å². The molecule has 2 heterocycles. The summed E-state index contributed by atoms with van der Waals surface area (Å²) >= 11 is 0. The van der Waals surface area contributed by atoms with Gasteiger partial charge in [0.1, 0.15) is 6.10 Å². The molecule has 1 amide bonds. The van der Waals surface area contributed by atoms with E-state index in [1.165, 1.54) is 30.4 Å². The van der Waals surface area contributed by atoms with Crippen molar-refractivity contribution in [2.75, 3.05) is 19.7 Å². The van der Waals surface area contributed by atoms with Gasteiger partial charge >= 0.3 is 0 Å². The molecular formula is C20H23N3O2. The zero-order valence-corrected chi connectivity index (χ0v) is 14.4. The Morgan fingerprint density at radius 2 is 2.08 bits per heavy atom. The summed E-state index contributed by atoms with van der Waals surface area (Å²) in [5.74, 6) is 0.160. The van der Waals surface area contributed by atoms with E-state index < -0.39 is 0 Å². The molecule has 0 saturated carbocycles. The highest BCUT2D eigenvalue weighted by molar-refractivity contribution is 5.79. The van der Waals surface area contributed by atoms with Crippen molar-refractivity contribution < 1.29 is 9.53 Å². The summed E-state index contributed by atoms with van der Waals surface area (Å²) in [5, 5.41) is 0. The van der Waals surface area contributed by atoms with E-state index in [9.17, 15) is 4.79 Å². The van der Waals surface area contributed by atoms with Crippen molar-refractivity contribution in [3.05, 3.63) is 59.2 Å². The third kappa shape index (κ3) is 3.71. The van der Waals surface area contributed by atoms with Gasteiger partial charge in [0.15, 0.2) is 0 Å². The molecule has 1 aromatic carbocycles. The molecule has 5 heteroatoms. The summed E-state index contributed by atoms with van der Waals surface area (Å²) < 4.78 is 5.77. The normalized spacial score (nSPS) is 20.2. The molecule has 5 nitrogen and oxygen atoms in total. The predicted molar refractivity (Wildman–Crippen MR) is 94.1 cm³/mol. The molecule has 1 saturated heterocycles. The van der Waals surface area contributed by atoms with Gasteiger partial charge in [-0.05, 0) is 42.4 Å². The van der Waals surface area contributed by atoms with Crippen molar-refractivity contribution in [2.45, 2.75) is 38.2 Å². The zero-order chi connectivity index (χ0) is 17.1. The van der Waals surface area contributed by atoms with Crippen molar-refractivity contribution in [1.29, 1.82) is 0 Å². The first kappa shape index (κ1) is 16.2. The molecule has 25 heavy (non-hydrogen) atoms. The molecule has 4 rings (SSSR count). The number of fused-ring (bicyclic) bond motifs is 1. The maximum absolute atomic E-state index is 12.7. The number of carbonyl (C=O) groups is 1. The van der Waals surface area contributed by atoms with Crippen molar-refractivity contribution in [2.24, 2.45) is 0 Å². The molecule has 0 unspecified atom stereocenters. The lowest BCUT2D eigenvalue weighted by molar-refractivity contribution is -0.138. The third-order valence-electron chi connectivity index (χ3n) is 5.10. The lowest BCUT2D eigenvalue weighted by Gasteiger charge is -2.32. The number of rotatable bonds is 3. The van der Waals surface area contributed by atoms with Gasteiger partial charge in [-0.2, -0.15) is 0 Å². The van der Waals surface area contributed by atoms with Crippen LogP contribution in [0.5, 0.6) is 0 Å². The summed E-state index contributed by atoms with van der Waals surface area (Å²) in [5.41, 5.74) is 4.79. The van der Waals surface area contributed by atoms with Crippen LogP contribution in [-0.2, 0) is 28.8 Å². The SMILES string of the molecule is O=C(Cc1ccc2c(c1)CCCC2)N1CCO[C@@H](c2cnccn2)C1. The van der Waals surface area contributed by atoms with Crippen LogP contribution in [-0.4, -0.2) is 40.5 Å². The van der Waals surface area contributed by atoms with Gasteiger partial charge < -0.3 is 9.64 Å². The van der Waals surface area contributed by atoms with Gasteiger partial charge in [-0.25, -0.2) is 0 Å². The van der Waals surface area contributed by atoms with Gasteiger partial charge in [0.2, 0.25) is 5.91 Å². The van der Waals surface area contributed by atoms with Crippen LogP contribution in [0, 0.1) is 0 Å². The van der Waals surface area contributed by atoms with Crippen molar-refractivity contribution in [3.8, 4) is 0 Å². The molecule has 1 atom stereocenters. The van der Waals surface area contributed by atoms with Crippen molar-refractivity contribution in [1.82, 2.24) is 14.9 Å². The first-order valence-electron chi connectivity index (χ1n) is 9.05. The number of carbonyl (C=O) groups excluding carboxylic acids is 1. The van der Waals surface area contributed by atoms with E-state index in [1.807, 2.05) is 4.90 Å². The second-order valence-corrected chi connectivity index (χ2v) is 6.82. The monoisotopic (exact) mass is 337 g/mol. The molecule has 1 aliphatic carbocycles. The van der Waals surface area contributed by atoms with Gasteiger partial charge in [-0.1, -0.05) is 18.2 Å². The van der Waals surface area contributed by atoms with E-state index in [2.05, 4.69) is 28.2 Å². The number of ether oxygens (including phenoxy) is 1. The maximum Gasteiger partial charge on any atom is 0.227 e. The number of amides is 1. The number of benzene rings is 1. The molecular weight excluding hydrogens is 314 g/mol. The van der Waals surface area contributed by atoms with Gasteiger partial charge in [0.25, 0.3) is 0 Å². The first-order chi connectivity index (χ1) is 12.3. The van der Waals surface area contributed by atoms with E-state index >= 15 is 0 Å². The van der Waals surface area contributed by atoms with Crippen molar-refractivity contribution >= 4 is 5.91 Å². The molecule has 130 valence electrons. The fourth-order valence-corrected chi connectivity index (χ4v) is 3.71. The summed E-state index contributed by atoms with van der Waals surface area (Å²) in [6.45, 7) is 1.72. The third-order valence-corrected chi connectivity index (χ3v) is 5.10. The molecule has 0 radical (unpaired) electrons. The van der Waals surface area contributed by atoms with E-state index in [4.69, 9.17) is 4.74 Å². The minimum atomic E-state index is -0.185. The second-order valence-electron chi connectivity index (χ2n) is 6.82. The van der Waals surface area contributed by atoms with Gasteiger partial charge in [-0.3, -0.25) is 14.8 Å². The molecule has 2 aliphatic rings. The van der Waals surface area contributed by atoms with Gasteiger partial charge in [0.05, 0.1) is 31.5 Å². The number of hydrogen-bond donors (Lipinski definition) is 0. The van der Waals surface area contributed by atoms with Crippen LogP contribution in [0.15, 0.2) is 36.8 Å². The minimum absolute atomic E-state index is 0.160. The van der Waals surface area contributed by atoms with Crippen LogP contribution >= 0.6 is 0 Å². The van der Waals surface area contributed by atoms with E-state index in [0.717, 1.165) is 17.7 Å². The van der Waals surface area contributed by atoms with Crippen LogP contribution in [0.4, 0.5) is 0 Å². The summed E-state index contributed by atoms with van der Waals surface area (Å²) in [4.78, 5) is 23.0. The van der Waals surface area contributed by atoms with Gasteiger partial charge in [0, 0.05) is 18.9 Å². The Bertz CT molecular complexity index is 748. The smallest absolute Gasteiger partial charge is 0.227 e. The second kappa shape index (κ2) is 7.31. The van der Waals surface area contributed by atoms with E-state index in [1.54, 1.807) is 18.6 Å². The topological polar surface area (TPSA) is 55.3 Å². The van der Waals surface area contributed by atoms with Crippen LogP contribution in [0.2, 0.25) is 0 Å². The Kier molecular flexibility index (Phi) is 4.74. The Labute approximate surface area is 148 Å². The quantitative estimate of drug-likeness (QED) is 0.863. The average Bonchev–Trinajstić information content (AvgIpc) is 2.69. The molecule has 1 aromatic heterocycles. The Hall–Kier alpha value is -2.27. The highest BCUT2D eigenvalue weighted by Gasteiger charge is 2.26. The van der Waals surface area contributed by atoms with Crippen molar-refractivity contribution in [3.63, 3.8) is 0 Å². The highest BCUT2D eigenvalue weighted by atomic mass is 16.5. The van der Waals surface area contributed by atoms with Crippen LogP contribution < -0.4 is 0 Å². The fraction of sp³-hybridized carbons (Fsp3) is 0.450. The Morgan fingerprint density at radius 1 is 1.20 bits per heavy atom. The number of hydrogen-bond acceptors (Lipinski definition) is 4. The molecule has 0 N–H and O–H groups in total. The maximum atomic E-state index is 12.7. The lowest BCUT2D eigenvalue weighted by Crippen LogP contribution is -2.43. The number of aryl methyl sites for hydroxylation is 2. The standard InChI is InChI=1S/C20H23N3O2/c24-20(12-15-5-6-16-3-1-2-4-17(16)11-15)23-9-10-25-19(14-23)18-13-21-7-8-22-18/h5-8,11,13,19H,1-4,9-10,12,14H2/t19-/m1/s1. The Morgan fingerprint density at radius 3 is 2.92 bits per heavy atom. The first-order valence-corrected chi connectivity index (χ1v) is 9.05. The zero-order valence-electron chi connectivity index (χ0n) is 14.4. The molecule has 1 fully saturated rings. The largest absolute Gasteiger partial charge is 0.368 e. The minimum Gasteiger partial charge on any atom is -0.368 e. The molecule has 1 aliphatic heterocycles. The number of morpholine rings is 1. The van der Waals surface area contributed by atoms with E-state index in [0.29, 0.717) is 26.1 Å². The van der Waals surface area contributed by atoms with Gasteiger partial charge in [-0.15, -0.1) is 0 Å². The summed E-state index contributed by atoms with van der Waals surface area (Å²) in [6, 6.07) is 6.55. The molecule has 0 bridgehead atoms. The summed E-state index contributed by atoms with van der Waals surface area (Å²) in [6.07, 6.45) is 10.1. The molecule has 0 spiro atoms. The fourth-order valence-electron chi connectivity index (χ4n) is 3.71. The summed E-state index contributed by atoms with van der Waals surface area (Å²) in [7, 11) is 0. The average molecular weight is 337 g/mol. The Balaban J connectivity index is 1.42. The van der Waals surface area contributed by atoms with Crippen LogP contribution in [0.3, 0.4) is 0 Å². The lowest BCUT2D eigenvalue weighted by atomic mass is 9.90. The highest BCUT2D eigenvalue weighted by Crippen LogP contribution is 2.24. The van der Waals surface area contributed by atoms with E-state index in [-0.39, 0.29) is 12.0 Å². The molecule has 2 aromatic rings. The number of aromatic nitrogens is 2. The predicted octanol–water partition coefficient (Wildman–Crippen LogP) is 2.50. The number of nitrogens with zero attached hydrogens (tertiary/aromatic N) is 3.